The van der Waals surface area contributed by atoms with Crippen LogP contribution >= 0.6 is 0 Å². The lowest BCUT2D eigenvalue weighted by atomic mass is 10.0. The molecule has 0 saturated carbocycles. The number of esters is 2. The van der Waals surface area contributed by atoms with Crippen molar-refractivity contribution in [1.82, 2.24) is 0 Å². The molecule has 0 saturated heterocycles. The molecule has 17 heteroatoms. The molecule has 2 aromatic carbocycles. The van der Waals surface area contributed by atoms with Gasteiger partial charge in [0.05, 0.1) is 27.9 Å². The standard InChI is InChI=1S/C24H20F6O11/c1-21(2,37)9-39-19(35)13-5-3-11(7-15(13)17(31)32)41-12-4-6-14(16(8-12)18(33)34)20(36)40-10-22(38,23(25,26)27)24(28,29)30/h3-8,37-38H,9-10H2,1-2H3,(H,31,32)(H,33,34). The van der Waals surface area contributed by atoms with E-state index in [1.54, 1.807) is 0 Å². The molecule has 11 nitrogen and oxygen atoms in total. The zero-order valence-electron chi connectivity index (χ0n) is 20.8. The van der Waals surface area contributed by atoms with Gasteiger partial charge in [0.1, 0.15) is 24.7 Å². The van der Waals surface area contributed by atoms with Gasteiger partial charge >= 0.3 is 36.2 Å². The number of benzene rings is 2. The number of ether oxygens (including phenoxy) is 3. The second kappa shape index (κ2) is 11.6. The van der Waals surface area contributed by atoms with Crippen molar-refractivity contribution in [3.63, 3.8) is 0 Å². The van der Waals surface area contributed by atoms with Crippen LogP contribution in [0.2, 0.25) is 0 Å². The van der Waals surface area contributed by atoms with E-state index in [1.165, 1.54) is 13.8 Å². The van der Waals surface area contributed by atoms with Crippen LogP contribution in [0.1, 0.15) is 55.3 Å². The zero-order valence-corrected chi connectivity index (χ0v) is 20.8. The Labute approximate surface area is 225 Å². The van der Waals surface area contributed by atoms with Gasteiger partial charge in [-0.25, -0.2) is 19.2 Å². The fourth-order valence-electron chi connectivity index (χ4n) is 2.91. The molecule has 0 aliphatic heterocycles. The van der Waals surface area contributed by atoms with Gasteiger partial charge in [0, 0.05) is 0 Å². The Morgan fingerprint density at radius 3 is 1.34 bits per heavy atom. The Kier molecular flexibility index (Phi) is 9.30. The molecule has 0 fully saturated rings. The van der Waals surface area contributed by atoms with E-state index in [2.05, 4.69) is 4.74 Å². The van der Waals surface area contributed by atoms with Crippen molar-refractivity contribution in [3.8, 4) is 11.5 Å². The predicted molar refractivity (Wildman–Crippen MR) is 121 cm³/mol. The van der Waals surface area contributed by atoms with Crippen LogP contribution in [0.5, 0.6) is 11.5 Å². The third-order valence-corrected chi connectivity index (χ3v) is 5.02. The van der Waals surface area contributed by atoms with Gasteiger partial charge in [-0.1, -0.05) is 0 Å². The lowest BCUT2D eigenvalue weighted by Gasteiger charge is -2.31. The number of carboxylic acid groups (broad SMARTS) is 2. The normalized spacial score (nSPS) is 12.4. The Morgan fingerprint density at radius 2 is 1.02 bits per heavy atom. The first kappa shape index (κ1) is 32.8. The van der Waals surface area contributed by atoms with E-state index in [-0.39, 0.29) is 5.75 Å². The first-order valence-electron chi connectivity index (χ1n) is 10.9. The summed E-state index contributed by atoms with van der Waals surface area (Å²) in [7, 11) is 0. The Hall–Kier alpha value is -4.38. The summed E-state index contributed by atoms with van der Waals surface area (Å²) in [6.07, 6.45) is -12.6. The number of carbonyl (C=O) groups is 4. The minimum atomic E-state index is -6.30. The van der Waals surface area contributed by atoms with Crippen LogP contribution in [0.3, 0.4) is 0 Å². The molecule has 0 heterocycles. The number of aliphatic hydroxyl groups is 2. The molecule has 0 radical (unpaired) electrons. The highest BCUT2D eigenvalue weighted by molar-refractivity contribution is 6.03. The van der Waals surface area contributed by atoms with Crippen LogP contribution in [0.4, 0.5) is 26.3 Å². The van der Waals surface area contributed by atoms with Crippen LogP contribution in [0.15, 0.2) is 36.4 Å². The third-order valence-electron chi connectivity index (χ3n) is 5.02. The van der Waals surface area contributed by atoms with Crippen molar-refractivity contribution < 1.29 is 80.2 Å². The largest absolute Gasteiger partial charge is 0.478 e. The molecular formula is C24H20F6O11. The van der Waals surface area contributed by atoms with E-state index in [0.29, 0.717) is 12.1 Å². The fraction of sp³-hybridized carbons (Fsp3) is 0.333. The number of hydrogen-bond acceptors (Lipinski definition) is 9. The number of carboxylic acids is 2. The summed E-state index contributed by atoms with van der Waals surface area (Å²) in [5.41, 5.74) is -9.91. The molecule has 0 atom stereocenters. The van der Waals surface area contributed by atoms with Gasteiger partial charge in [0.15, 0.2) is 0 Å². The Bertz CT molecular complexity index is 1330. The van der Waals surface area contributed by atoms with Gasteiger partial charge in [-0.2, -0.15) is 26.3 Å². The minimum absolute atomic E-state index is 0.284. The van der Waals surface area contributed by atoms with Crippen molar-refractivity contribution in [2.75, 3.05) is 13.2 Å². The average molecular weight is 598 g/mol. The van der Waals surface area contributed by atoms with Crippen molar-refractivity contribution >= 4 is 23.9 Å². The second-order valence-electron chi connectivity index (χ2n) is 8.95. The quantitative estimate of drug-likeness (QED) is 0.231. The molecule has 2 aromatic rings. The summed E-state index contributed by atoms with van der Waals surface area (Å²) in [6, 6.07) is 5.02. The maximum absolute atomic E-state index is 12.8. The van der Waals surface area contributed by atoms with E-state index < -0.39 is 88.6 Å². The summed E-state index contributed by atoms with van der Waals surface area (Å²) >= 11 is 0. The van der Waals surface area contributed by atoms with E-state index in [1.807, 2.05) is 0 Å². The highest BCUT2D eigenvalue weighted by Gasteiger charge is 2.71. The monoisotopic (exact) mass is 598 g/mol. The number of aromatic carboxylic acids is 2. The van der Waals surface area contributed by atoms with Crippen LogP contribution in [-0.4, -0.2) is 81.1 Å². The topological polar surface area (TPSA) is 177 Å². The summed E-state index contributed by atoms with van der Waals surface area (Å²) in [5, 5.41) is 37.6. The van der Waals surface area contributed by atoms with Crippen molar-refractivity contribution in [2.45, 2.75) is 37.4 Å². The van der Waals surface area contributed by atoms with Gasteiger partial charge in [-0.3, -0.25) is 0 Å². The molecule has 41 heavy (non-hydrogen) atoms. The zero-order chi connectivity index (χ0) is 31.6. The first-order valence-corrected chi connectivity index (χ1v) is 10.9. The maximum atomic E-state index is 12.8. The molecule has 0 aliphatic rings. The van der Waals surface area contributed by atoms with Gasteiger partial charge in [0.2, 0.25) is 0 Å². The molecule has 4 N–H and O–H groups in total. The first-order chi connectivity index (χ1) is 18.6. The summed E-state index contributed by atoms with van der Waals surface area (Å²) < 4.78 is 91.0. The third kappa shape index (κ3) is 7.85. The SMILES string of the molecule is CC(C)(O)COC(=O)c1ccc(Oc2ccc(C(=O)OCC(O)(C(F)(F)F)C(F)(F)F)c(C(=O)O)c2)cc1C(=O)O. The second-order valence-corrected chi connectivity index (χ2v) is 8.95. The Morgan fingerprint density at radius 1 is 0.659 bits per heavy atom. The van der Waals surface area contributed by atoms with Crippen LogP contribution in [0, 0.1) is 0 Å². The minimum Gasteiger partial charge on any atom is -0.478 e. The number of rotatable bonds is 10. The van der Waals surface area contributed by atoms with E-state index in [9.17, 15) is 60.8 Å². The highest BCUT2D eigenvalue weighted by atomic mass is 19.4. The molecule has 0 aromatic heterocycles. The summed E-state index contributed by atoms with van der Waals surface area (Å²) in [4.78, 5) is 47.7. The lowest BCUT2D eigenvalue weighted by molar-refractivity contribution is -0.374. The average Bonchev–Trinajstić information content (AvgIpc) is 2.83. The van der Waals surface area contributed by atoms with Crippen LogP contribution < -0.4 is 4.74 Å². The van der Waals surface area contributed by atoms with Crippen molar-refractivity contribution in [3.05, 3.63) is 58.7 Å². The summed E-state index contributed by atoms with van der Waals surface area (Å²) in [5.74, 6) is -7.23. The number of hydrogen-bond donors (Lipinski definition) is 4. The van der Waals surface area contributed by atoms with Crippen molar-refractivity contribution in [2.24, 2.45) is 0 Å². The molecule has 0 unspecified atom stereocenters. The molecule has 0 spiro atoms. The van der Waals surface area contributed by atoms with E-state index in [0.717, 1.165) is 24.3 Å². The van der Waals surface area contributed by atoms with Gasteiger partial charge < -0.3 is 34.6 Å². The summed E-state index contributed by atoms with van der Waals surface area (Å²) in [6.45, 7) is -0.437. The van der Waals surface area contributed by atoms with Gasteiger partial charge in [-0.15, -0.1) is 0 Å². The van der Waals surface area contributed by atoms with Gasteiger partial charge in [-0.05, 0) is 50.2 Å². The molecular weight excluding hydrogens is 578 g/mol. The predicted octanol–water partition coefficient (Wildman–Crippen LogP) is 3.82. The van der Waals surface area contributed by atoms with E-state index >= 15 is 0 Å². The molecule has 224 valence electrons. The van der Waals surface area contributed by atoms with Crippen molar-refractivity contribution in [1.29, 1.82) is 0 Å². The fourth-order valence-corrected chi connectivity index (χ4v) is 2.91. The Balaban J connectivity index is 2.33. The number of alkyl halides is 6. The highest BCUT2D eigenvalue weighted by Crippen LogP contribution is 2.43. The molecule has 2 rings (SSSR count). The maximum Gasteiger partial charge on any atom is 0.429 e. The number of carbonyl (C=O) groups excluding carboxylic acids is 2. The molecule has 0 bridgehead atoms. The van der Waals surface area contributed by atoms with Gasteiger partial charge in [0.25, 0.3) is 5.60 Å². The lowest BCUT2D eigenvalue weighted by Crippen LogP contribution is -2.60. The van der Waals surface area contributed by atoms with Crippen LogP contribution in [-0.2, 0) is 9.47 Å². The van der Waals surface area contributed by atoms with E-state index in [4.69, 9.17) is 14.6 Å². The smallest absolute Gasteiger partial charge is 0.429 e. The van der Waals surface area contributed by atoms with Crippen LogP contribution in [0.25, 0.3) is 0 Å². The molecule has 0 amide bonds. The molecule has 0 aliphatic carbocycles. The number of halogens is 6.